The lowest BCUT2D eigenvalue weighted by Gasteiger charge is -2.09. The normalized spacial score (nSPS) is 12.7. The minimum atomic E-state index is -0.257. The van der Waals surface area contributed by atoms with Gasteiger partial charge in [0.05, 0.1) is 5.25 Å². The van der Waals surface area contributed by atoms with Crippen LogP contribution in [-0.2, 0) is 7.05 Å². The summed E-state index contributed by atoms with van der Waals surface area (Å²) in [5, 5.41) is 12.6. The molecule has 0 aliphatic heterocycles. The fraction of sp³-hybridized carbons (Fsp3) is 0.286. The van der Waals surface area contributed by atoms with Crippen molar-refractivity contribution in [3.8, 4) is 0 Å². The van der Waals surface area contributed by atoms with Crippen molar-refractivity contribution in [3.63, 3.8) is 0 Å². The van der Waals surface area contributed by atoms with Gasteiger partial charge in [0.1, 0.15) is 0 Å². The van der Waals surface area contributed by atoms with Crippen molar-refractivity contribution in [2.45, 2.75) is 24.3 Å². The maximum absolute atomic E-state index is 12.8. The zero-order chi connectivity index (χ0) is 15.0. The van der Waals surface area contributed by atoms with Crippen LogP contribution in [0.4, 0.5) is 0 Å². The fourth-order valence-corrected chi connectivity index (χ4v) is 3.14. The van der Waals surface area contributed by atoms with E-state index in [0.29, 0.717) is 5.16 Å². The molecule has 0 saturated heterocycles. The van der Waals surface area contributed by atoms with E-state index < -0.39 is 0 Å². The number of H-pyrrole nitrogens is 1. The second-order valence-corrected chi connectivity index (χ2v) is 6.19. The quantitative estimate of drug-likeness (QED) is 0.591. The molecule has 1 N–H and O–H groups in total. The number of para-hydroxylation sites is 1. The number of aromatic amines is 1. The second-order valence-electron chi connectivity index (χ2n) is 4.88. The average molecular weight is 301 g/mol. The maximum atomic E-state index is 12.8. The number of nitrogens with zero attached hydrogens (tertiary/aromatic N) is 4. The minimum Gasteiger partial charge on any atom is -0.358 e. The van der Waals surface area contributed by atoms with E-state index in [1.54, 1.807) is 11.7 Å². The molecule has 7 heteroatoms. The third-order valence-corrected chi connectivity index (χ3v) is 4.50. The van der Waals surface area contributed by atoms with Gasteiger partial charge in [0.25, 0.3) is 0 Å². The Morgan fingerprint density at radius 3 is 2.86 bits per heavy atom. The van der Waals surface area contributed by atoms with E-state index in [9.17, 15) is 4.79 Å². The van der Waals surface area contributed by atoms with Gasteiger partial charge in [-0.15, -0.1) is 5.10 Å². The van der Waals surface area contributed by atoms with E-state index >= 15 is 0 Å². The van der Waals surface area contributed by atoms with Crippen LogP contribution in [0.5, 0.6) is 0 Å². The van der Waals surface area contributed by atoms with Crippen molar-refractivity contribution >= 4 is 28.4 Å². The number of carbonyl (C=O) groups excluding carboxylic acids is 1. The van der Waals surface area contributed by atoms with Gasteiger partial charge >= 0.3 is 0 Å². The molecule has 6 nitrogen and oxygen atoms in total. The summed E-state index contributed by atoms with van der Waals surface area (Å²) in [6, 6.07) is 7.84. The van der Waals surface area contributed by atoms with Crippen LogP contribution < -0.4 is 0 Å². The molecule has 21 heavy (non-hydrogen) atoms. The summed E-state index contributed by atoms with van der Waals surface area (Å²) in [5.74, 6) is 0.0814. The zero-order valence-corrected chi connectivity index (χ0v) is 12.8. The molecule has 0 spiro atoms. The van der Waals surface area contributed by atoms with E-state index in [0.717, 1.165) is 22.2 Å². The number of aryl methyl sites for hydroxylation is 2. The Kier molecular flexibility index (Phi) is 3.50. The molecular weight excluding hydrogens is 286 g/mol. The molecule has 2 heterocycles. The summed E-state index contributed by atoms with van der Waals surface area (Å²) in [4.78, 5) is 16.0. The van der Waals surface area contributed by atoms with Gasteiger partial charge in [-0.05, 0) is 30.3 Å². The largest absolute Gasteiger partial charge is 0.358 e. The highest BCUT2D eigenvalue weighted by Gasteiger charge is 2.23. The van der Waals surface area contributed by atoms with Gasteiger partial charge in [-0.2, -0.15) is 0 Å². The lowest BCUT2D eigenvalue weighted by Crippen LogP contribution is -2.15. The van der Waals surface area contributed by atoms with E-state index in [1.807, 2.05) is 38.1 Å². The van der Waals surface area contributed by atoms with Gasteiger partial charge in [-0.25, -0.2) is 4.68 Å². The van der Waals surface area contributed by atoms with Crippen LogP contribution in [0.3, 0.4) is 0 Å². The highest BCUT2D eigenvalue weighted by Crippen LogP contribution is 2.28. The first-order valence-electron chi connectivity index (χ1n) is 6.58. The third kappa shape index (κ3) is 2.44. The molecule has 0 fully saturated rings. The Bertz CT molecular complexity index is 807. The number of benzene rings is 1. The molecule has 2 aromatic heterocycles. The number of nitrogens with one attached hydrogen (secondary N) is 1. The van der Waals surface area contributed by atoms with Crippen LogP contribution in [0.25, 0.3) is 10.9 Å². The molecule has 1 aromatic carbocycles. The molecule has 0 saturated carbocycles. The number of hydrogen-bond acceptors (Lipinski definition) is 5. The second kappa shape index (κ2) is 5.33. The summed E-state index contributed by atoms with van der Waals surface area (Å²) >= 11 is 1.36. The van der Waals surface area contributed by atoms with E-state index in [4.69, 9.17) is 0 Å². The molecule has 0 aliphatic rings. The first kappa shape index (κ1) is 13.8. The van der Waals surface area contributed by atoms with E-state index in [-0.39, 0.29) is 11.0 Å². The summed E-state index contributed by atoms with van der Waals surface area (Å²) in [7, 11) is 1.76. The summed E-state index contributed by atoms with van der Waals surface area (Å²) in [6.07, 6.45) is 0. The number of hydrogen-bond donors (Lipinski definition) is 1. The topological polar surface area (TPSA) is 76.5 Å². The molecule has 0 amide bonds. The van der Waals surface area contributed by atoms with Crippen molar-refractivity contribution in [1.82, 2.24) is 25.2 Å². The number of ketones is 1. The summed E-state index contributed by atoms with van der Waals surface area (Å²) in [5.41, 5.74) is 2.63. The van der Waals surface area contributed by atoms with Crippen LogP contribution >= 0.6 is 11.8 Å². The van der Waals surface area contributed by atoms with E-state index in [2.05, 4.69) is 20.5 Å². The lowest BCUT2D eigenvalue weighted by atomic mass is 10.1. The van der Waals surface area contributed by atoms with Crippen molar-refractivity contribution in [1.29, 1.82) is 0 Å². The first-order chi connectivity index (χ1) is 10.1. The van der Waals surface area contributed by atoms with Gasteiger partial charge in [0.2, 0.25) is 5.16 Å². The van der Waals surface area contributed by atoms with Crippen molar-refractivity contribution < 1.29 is 4.79 Å². The Morgan fingerprint density at radius 1 is 1.38 bits per heavy atom. The van der Waals surface area contributed by atoms with Crippen molar-refractivity contribution in [2.75, 3.05) is 0 Å². The number of Topliss-reactive ketones (excluding diaryl/α,β-unsaturated/α-hetero) is 1. The Morgan fingerprint density at radius 2 is 2.14 bits per heavy atom. The number of aromatic nitrogens is 5. The number of rotatable bonds is 4. The maximum Gasteiger partial charge on any atom is 0.209 e. The van der Waals surface area contributed by atoms with Crippen molar-refractivity contribution in [2.24, 2.45) is 7.05 Å². The van der Waals surface area contributed by atoms with Crippen LogP contribution in [0, 0.1) is 6.92 Å². The van der Waals surface area contributed by atoms with Crippen LogP contribution in [-0.4, -0.2) is 36.2 Å². The average Bonchev–Trinajstić information content (AvgIpc) is 3.01. The summed E-state index contributed by atoms with van der Waals surface area (Å²) in [6.45, 7) is 3.80. The Hall–Kier alpha value is -2.15. The van der Waals surface area contributed by atoms with Gasteiger partial charge in [-0.1, -0.05) is 30.0 Å². The molecule has 0 unspecified atom stereocenters. The van der Waals surface area contributed by atoms with Gasteiger partial charge in [0, 0.05) is 29.2 Å². The molecule has 3 rings (SSSR count). The number of thioether (sulfide) groups is 1. The standard InChI is InChI=1S/C14H15N5OS/c1-8-12(10-6-4-5-7-11(10)15-8)13(20)9(2)21-14-16-17-18-19(14)3/h4-7,9,15H,1-3H3/t9-/m1/s1. The molecule has 3 aromatic rings. The minimum absolute atomic E-state index is 0.0814. The SMILES string of the molecule is Cc1[nH]c2ccccc2c1C(=O)[C@@H](C)Sc1nnnn1C. The van der Waals surface area contributed by atoms with Gasteiger partial charge in [0.15, 0.2) is 5.78 Å². The third-order valence-electron chi connectivity index (χ3n) is 3.37. The molecule has 108 valence electrons. The fourth-order valence-electron chi connectivity index (χ4n) is 2.33. The monoisotopic (exact) mass is 301 g/mol. The first-order valence-corrected chi connectivity index (χ1v) is 7.46. The highest BCUT2D eigenvalue weighted by atomic mass is 32.2. The lowest BCUT2D eigenvalue weighted by molar-refractivity contribution is 0.0995. The highest BCUT2D eigenvalue weighted by molar-refractivity contribution is 8.00. The molecule has 0 bridgehead atoms. The number of fused-ring (bicyclic) bond motifs is 1. The number of tetrazole rings is 1. The molecule has 0 radical (unpaired) electrons. The van der Waals surface area contributed by atoms with Crippen LogP contribution in [0.15, 0.2) is 29.4 Å². The Labute approximate surface area is 125 Å². The predicted octanol–water partition coefficient (Wildman–Crippen LogP) is 2.36. The van der Waals surface area contributed by atoms with Gasteiger partial charge in [-0.3, -0.25) is 4.79 Å². The number of carbonyl (C=O) groups is 1. The smallest absolute Gasteiger partial charge is 0.209 e. The molecule has 0 aliphatic carbocycles. The Balaban J connectivity index is 1.93. The van der Waals surface area contributed by atoms with Crippen LogP contribution in [0.2, 0.25) is 0 Å². The summed E-state index contributed by atoms with van der Waals surface area (Å²) < 4.78 is 1.57. The van der Waals surface area contributed by atoms with Crippen LogP contribution in [0.1, 0.15) is 23.0 Å². The zero-order valence-electron chi connectivity index (χ0n) is 12.0. The van der Waals surface area contributed by atoms with E-state index in [1.165, 1.54) is 11.8 Å². The predicted molar refractivity (Wildman–Crippen MR) is 81.5 cm³/mol. The molecule has 1 atom stereocenters. The van der Waals surface area contributed by atoms with Gasteiger partial charge < -0.3 is 4.98 Å². The molecular formula is C14H15N5OS. The van der Waals surface area contributed by atoms with Crippen molar-refractivity contribution in [3.05, 3.63) is 35.5 Å².